The second-order valence-corrected chi connectivity index (χ2v) is 2.02. The Morgan fingerprint density at radius 3 is 2.90 bits per heavy atom. The molecule has 0 saturated heterocycles. The van der Waals surface area contributed by atoms with Gasteiger partial charge in [0.05, 0.1) is 0 Å². The fourth-order valence-corrected chi connectivity index (χ4v) is 0.422. The predicted molar refractivity (Wildman–Crippen MR) is 40.6 cm³/mol. The van der Waals surface area contributed by atoms with Crippen molar-refractivity contribution in [1.29, 1.82) is 0 Å². The molecular weight excluding hydrogens is 130 g/mol. The van der Waals surface area contributed by atoms with Gasteiger partial charge >= 0.3 is 0 Å². The highest BCUT2D eigenvalue weighted by Crippen LogP contribution is 1.78. The summed E-state index contributed by atoms with van der Waals surface area (Å²) < 4.78 is 0. The number of nitrogens with two attached hydrogens (primary N) is 1. The van der Waals surface area contributed by atoms with Crippen LogP contribution in [0.3, 0.4) is 0 Å². The zero-order valence-corrected chi connectivity index (χ0v) is 6.17. The third kappa shape index (κ3) is 5.55. The van der Waals surface area contributed by atoms with E-state index in [2.05, 4.69) is 10.8 Å². The van der Waals surface area contributed by atoms with Crippen LogP contribution in [0.4, 0.5) is 0 Å². The van der Waals surface area contributed by atoms with Crippen LogP contribution in [-0.2, 0) is 0 Å². The lowest BCUT2D eigenvalue weighted by Crippen LogP contribution is -2.21. The molecule has 10 heavy (non-hydrogen) atoms. The maximum absolute atomic E-state index is 8.34. The number of nitrogens with one attached hydrogen (secondary N) is 2. The van der Waals surface area contributed by atoms with Crippen LogP contribution in [0, 0.1) is 0 Å². The average molecular weight is 145 g/mol. The molecule has 0 heterocycles. The van der Waals surface area contributed by atoms with Crippen LogP contribution >= 0.6 is 0 Å². The highest BCUT2D eigenvalue weighted by atomic mass is 16.5. The van der Waals surface area contributed by atoms with Gasteiger partial charge in [-0.2, -0.15) is 5.48 Å². The molecule has 5 N–H and O–H groups in total. The SMILES string of the molecule is CC(/C=C/NCCN)NO. The van der Waals surface area contributed by atoms with Gasteiger partial charge in [-0.3, -0.25) is 0 Å². The van der Waals surface area contributed by atoms with Crippen molar-refractivity contribution in [2.45, 2.75) is 13.0 Å². The summed E-state index contributed by atoms with van der Waals surface area (Å²) in [7, 11) is 0. The van der Waals surface area contributed by atoms with Crippen molar-refractivity contribution in [2.75, 3.05) is 13.1 Å². The molecule has 0 rings (SSSR count). The fraction of sp³-hybridized carbons (Fsp3) is 0.667. The quantitative estimate of drug-likeness (QED) is 0.308. The van der Waals surface area contributed by atoms with Crippen LogP contribution in [0.5, 0.6) is 0 Å². The summed E-state index contributed by atoms with van der Waals surface area (Å²) >= 11 is 0. The summed E-state index contributed by atoms with van der Waals surface area (Å²) in [6, 6.07) is -0.0229. The van der Waals surface area contributed by atoms with Crippen LogP contribution in [0.15, 0.2) is 12.3 Å². The number of hydrogen-bond acceptors (Lipinski definition) is 4. The number of hydroxylamine groups is 1. The molecule has 4 heteroatoms. The summed E-state index contributed by atoms with van der Waals surface area (Å²) in [4.78, 5) is 0. The lowest BCUT2D eigenvalue weighted by Gasteiger charge is -2.01. The fourth-order valence-electron chi connectivity index (χ4n) is 0.422. The summed E-state index contributed by atoms with van der Waals surface area (Å²) in [5.74, 6) is 0. The minimum Gasteiger partial charge on any atom is -0.390 e. The van der Waals surface area contributed by atoms with Crippen molar-refractivity contribution in [3.05, 3.63) is 12.3 Å². The summed E-state index contributed by atoms with van der Waals surface area (Å²) in [5.41, 5.74) is 7.30. The zero-order chi connectivity index (χ0) is 7.82. The molecule has 1 atom stereocenters. The van der Waals surface area contributed by atoms with Gasteiger partial charge < -0.3 is 16.3 Å². The molecule has 0 aromatic heterocycles. The van der Waals surface area contributed by atoms with E-state index in [0.29, 0.717) is 6.54 Å². The predicted octanol–water partition coefficient (Wildman–Crippen LogP) is -0.584. The second-order valence-electron chi connectivity index (χ2n) is 2.02. The first-order chi connectivity index (χ1) is 4.81. The van der Waals surface area contributed by atoms with Gasteiger partial charge in [0.2, 0.25) is 0 Å². The first-order valence-electron chi connectivity index (χ1n) is 3.31. The molecule has 0 radical (unpaired) electrons. The Morgan fingerprint density at radius 1 is 1.70 bits per heavy atom. The Labute approximate surface area is 61.1 Å². The monoisotopic (exact) mass is 145 g/mol. The Kier molecular flexibility index (Phi) is 6.16. The molecule has 0 amide bonds. The Morgan fingerprint density at radius 2 is 2.40 bits per heavy atom. The van der Waals surface area contributed by atoms with E-state index in [-0.39, 0.29) is 6.04 Å². The lowest BCUT2D eigenvalue weighted by atomic mass is 10.3. The van der Waals surface area contributed by atoms with E-state index in [1.807, 2.05) is 6.92 Å². The molecule has 0 aromatic carbocycles. The number of hydrogen-bond donors (Lipinski definition) is 4. The molecular formula is C6H15N3O. The molecule has 0 bridgehead atoms. The Hall–Kier alpha value is -0.580. The molecule has 60 valence electrons. The normalized spacial score (nSPS) is 13.9. The van der Waals surface area contributed by atoms with Gasteiger partial charge in [0.25, 0.3) is 0 Å². The minimum absolute atomic E-state index is 0.0229. The first-order valence-corrected chi connectivity index (χ1v) is 3.31. The van der Waals surface area contributed by atoms with Gasteiger partial charge in [-0.15, -0.1) is 0 Å². The second kappa shape index (κ2) is 6.54. The van der Waals surface area contributed by atoms with Crippen molar-refractivity contribution in [3.63, 3.8) is 0 Å². The summed E-state index contributed by atoms with van der Waals surface area (Å²) in [6.07, 6.45) is 3.57. The van der Waals surface area contributed by atoms with Gasteiger partial charge in [-0.25, -0.2) is 0 Å². The van der Waals surface area contributed by atoms with Gasteiger partial charge in [0.15, 0.2) is 0 Å². The molecule has 0 aromatic rings. The van der Waals surface area contributed by atoms with Crippen LogP contribution < -0.4 is 16.5 Å². The topological polar surface area (TPSA) is 70.3 Å². The Balaban J connectivity index is 3.18. The molecule has 0 spiro atoms. The van der Waals surface area contributed by atoms with Crippen molar-refractivity contribution < 1.29 is 5.21 Å². The van der Waals surface area contributed by atoms with E-state index in [9.17, 15) is 0 Å². The van der Waals surface area contributed by atoms with E-state index < -0.39 is 0 Å². The summed E-state index contributed by atoms with van der Waals surface area (Å²) in [5, 5.41) is 11.3. The molecule has 4 nitrogen and oxygen atoms in total. The highest BCUT2D eigenvalue weighted by molar-refractivity contribution is 4.87. The average Bonchev–Trinajstić information content (AvgIpc) is 1.98. The number of rotatable bonds is 5. The van der Waals surface area contributed by atoms with Crippen molar-refractivity contribution in [2.24, 2.45) is 5.73 Å². The lowest BCUT2D eigenvalue weighted by molar-refractivity contribution is 0.149. The van der Waals surface area contributed by atoms with Crippen LogP contribution in [0.1, 0.15) is 6.92 Å². The van der Waals surface area contributed by atoms with Gasteiger partial charge in [0, 0.05) is 19.1 Å². The largest absolute Gasteiger partial charge is 0.390 e. The molecule has 0 aliphatic heterocycles. The van der Waals surface area contributed by atoms with Gasteiger partial charge in [0.1, 0.15) is 0 Å². The van der Waals surface area contributed by atoms with E-state index in [1.165, 1.54) is 0 Å². The summed E-state index contributed by atoms with van der Waals surface area (Å²) in [6.45, 7) is 3.21. The first kappa shape index (κ1) is 9.42. The molecule has 0 saturated carbocycles. The highest BCUT2D eigenvalue weighted by Gasteiger charge is 1.87. The van der Waals surface area contributed by atoms with Gasteiger partial charge in [-0.1, -0.05) is 0 Å². The standard InChI is InChI=1S/C6H15N3O/c1-6(9-10)2-4-8-5-3-7/h2,4,6,8-10H,3,5,7H2,1H3/b4-2+. The van der Waals surface area contributed by atoms with Crippen molar-refractivity contribution >= 4 is 0 Å². The molecule has 0 aliphatic rings. The Bertz CT molecular complexity index is 95.0. The maximum atomic E-state index is 8.34. The zero-order valence-electron chi connectivity index (χ0n) is 6.17. The van der Waals surface area contributed by atoms with E-state index in [1.54, 1.807) is 12.3 Å². The van der Waals surface area contributed by atoms with Crippen LogP contribution in [-0.4, -0.2) is 24.3 Å². The van der Waals surface area contributed by atoms with Crippen molar-refractivity contribution in [3.8, 4) is 0 Å². The van der Waals surface area contributed by atoms with Crippen LogP contribution in [0.25, 0.3) is 0 Å². The van der Waals surface area contributed by atoms with Gasteiger partial charge in [-0.05, 0) is 19.2 Å². The minimum atomic E-state index is -0.0229. The third-order valence-corrected chi connectivity index (χ3v) is 0.995. The van der Waals surface area contributed by atoms with Crippen LogP contribution in [0.2, 0.25) is 0 Å². The third-order valence-electron chi connectivity index (χ3n) is 0.995. The molecule has 0 fully saturated rings. The van der Waals surface area contributed by atoms with Crippen molar-refractivity contribution in [1.82, 2.24) is 10.8 Å². The van der Waals surface area contributed by atoms with E-state index >= 15 is 0 Å². The van der Waals surface area contributed by atoms with E-state index in [0.717, 1.165) is 6.54 Å². The smallest absolute Gasteiger partial charge is 0.0488 e. The molecule has 0 aliphatic carbocycles. The molecule has 1 unspecified atom stereocenters. The van der Waals surface area contributed by atoms with E-state index in [4.69, 9.17) is 10.9 Å². The maximum Gasteiger partial charge on any atom is 0.0488 e.